The third kappa shape index (κ3) is 3.51. The molecule has 1 heterocycles. The number of unbranched alkanes of at least 4 members (excludes halogenated alkanes) is 3. The molecule has 15 heavy (non-hydrogen) atoms. The van der Waals surface area contributed by atoms with Crippen LogP contribution < -0.4 is 5.56 Å². The van der Waals surface area contributed by atoms with Gasteiger partial charge in [0.15, 0.2) is 10.7 Å². The molecule has 3 N–H and O–H groups in total. The molecular weight excluding hydrogens is 212 g/mol. The lowest BCUT2D eigenvalue weighted by Crippen LogP contribution is -2.14. The van der Waals surface area contributed by atoms with Crippen molar-refractivity contribution >= 4 is 12.2 Å². The van der Waals surface area contributed by atoms with Gasteiger partial charge < -0.3 is 10.1 Å². The van der Waals surface area contributed by atoms with Gasteiger partial charge in [-0.2, -0.15) is 0 Å². The summed E-state index contributed by atoms with van der Waals surface area (Å²) in [6, 6.07) is 0. The lowest BCUT2D eigenvalue weighted by Gasteiger charge is -2.02. The fourth-order valence-corrected chi connectivity index (χ4v) is 1.65. The zero-order valence-electron chi connectivity index (χ0n) is 8.80. The maximum atomic E-state index is 11.4. The first-order valence-electron chi connectivity index (χ1n) is 5.19. The van der Waals surface area contributed by atoms with Crippen LogP contribution in [0, 0.1) is 4.77 Å². The normalized spacial score (nSPS) is 10.5. The average Bonchev–Trinajstić information content (AvgIpc) is 2.15. The highest BCUT2D eigenvalue weighted by Crippen LogP contribution is 2.11. The summed E-state index contributed by atoms with van der Waals surface area (Å²) in [5.41, 5.74) is 0.118. The third-order valence-electron chi connectivity index (χ3n) is 2.30. The molecule has 4 nitrogen and oxygen atoms in total. The van der Waals surface area contributed by atoms with Gasteiger partial charge in [-0.25, -0.2) is 0 Å². The molecule has 0 aromatic carbocycles. The van der Waals surface area contributed by atoms with Crippen molar-refractivity contribution in [3.63, 3.8) is 0 Å². The Morgan fingerprint density at radius 2 is 2.00 bits per heavy atom. The first-order chi connectivity index (χ1) is 7.15. The van der Waals surface area contributed by atoms with Crippen LogP contribution in [0.4, 0.5) is 0 Å². The molecule has 0 aliphatic rings. The highest BCUT2D eigenvalue weighted by atomic mass is 32.1. The molecule has 0 unspecified atom stereocenters. The van der Waals surface area contributed by atoms with Crippen LogP contribution in [-0.2, 0) is 6.42 Å². The van der Waals surface area contributed by atoms with Gasteiger partial charge in [0, 0.05) is 0 Å². The summed E-state index contributed by atoms with van der Waals surface area (Å²) in [4.78, 5) is 16.4. The first kappa shape index (κ1) is 12.0. The quantitative estimate of drug-likeness (QED) is 0.535. The number of hydrogen-bond donors (Lipinski definition) is 3. The molecule has 1 aromatic rings. The molecule has 0 saturated carbocycles. The van der Waals surface area contributed by atoms with Crippen molar-refractivity contribution in [2.45, 2.75) is 39.0 Å². The van der Waals surface area contributed by atoms with E-state index >= 15 is 0 Å². The molecule has 0 atom stereocenters. The number of aromatic amines is 2. The van der Waals surface area contributed by atoms with E-state index in [1.807, 2.05) is 0 Å². The summed E-state index contributed by atoms with van der Waals surface area (Å²) < 4.78 is 0.162. The van der Waals surface area contributed by atoms with E-state index in [2.05, 4.69) is 16.9 Å². The van der Waals surface area contributed by atoms with Gasteiger partial charge in [-0.05, 0) is 25.1 Å². The van der Waals surface area contributed by atoms with Gasteiger partial charge in [-0.3, -0.25) is 9.78 Å². The van der Waals surface area contributed by atoms with Gasteiger partial charge in [0.25, 0.3) is 5.56 Å². The van der Waals surface area contributed by atoms with Crippen molar-refractivity contribution < 1.29 is 5.11 Å². The van der Waals surface area contributed by atoms with Gasteiger partial charge in [-0.15, -0.1) is 0 Å². The number of aromatic hydroxyl groups is 1. The van der Waals surface area contributed by atoms with Gasteiger partial charge in [0.1, 0.15) is 0 Å². The largest absolute Gasteiger partial charge is 0.494 e. The lowest BCUT2D eigenvalue weighted by molar-refractivity contribution is 0.440. The summed E-state index contributed by atoms with van der Waals surface area (Å²) >= 11 is 4.73. The second-order valence-electron chi connectivity index (χ2n) is 3.55. The SMILES string of the molecule is CCCCCCc1c(O)[nH]c(=S)[nH]c1=O. The van der Waals surface area contributed by atoms with E-state index in [0.717, 1.165) is 25.7 Å². The Kier molecular flexibility index (Phi) is 4.55. The van der Waals surface area contributed by atoms with E-state index < -0.39 is 0 Å². The molecule has 0 saturated heterocycles. The predicted octanol–water partition coefficient (Wildman–Crippen LogP) is 2.26. The Balaban J connectivity index is 2.69. The predicted molar refractivity (Wildman–Crippen MR) is 61.8 cm³/mol. The number of aromatic nitrogens is 2. The van der Waals surface area contributed by atoms with E-state index in [1.165, 1.54) is 0 Å². The van der Waals surface area contributed by atoms with Crippen molar-refractivity contribution in [3.05, 3.63) is 20.7 Å². The Morgan fingerprint density at radius 3 is 2.60 bits per heavy atom. The summed E-state index contributed by atoms with van der Waals surface area (Å²) in [7, 11) is 0. The maximum Gasteiger partial charge on any atom is 0.258 e. The van der Waals surface area contributed by atoms with Crippen LogP contribution >= 0.6 is 12.2 Å². The van der Waals surface area contributed by atoms with E-state index in [-0.39, 0.29) is 16.2 Å². The molecule has 1 rings (SSSR count). The smallest absolute Gasteiger partial charge is 0.258 e. The number of H-pyrrole nitrogens is 2. The zero-order valence-corrected chi connectivity index (χ0v) is 9.62. The molecule has 0 bridgehead atoms. The van der Waals surface area contributed by atoms with E-state index in [0.29, 0.717) is 12.0 Å². The standard InChI is InChI=1S/C10H16N2O2S/c1-2-3-4-5-6-7-8(13)11-10(15)12-9(7)14/h2-6H2,1H3,(H3,11,12,13,14,15). The lowest BCUT2D eigenvalue weighted by atomic mass is 10.1. The van der Waals surface area contributed by atoms with Crippen molar-refractivity contribution in [3.8, 4) is 5.88 Å². The van der Waals surface area contributed by atoms with Crippen LogP contribution in [-0.4, -0.2) is 15.1 Å². The van der Waals surface area contributed by atoms with E-state index in [1.54, 1.807) is 0 Å². The zero-order chi connectivity index (χ0) is 11.3. The minimum atomic E-state index is -0.284. The van der Waals surface area contributed by atoms with Crippen LogP contribution in [0.15, 0.2) is 4.79 Å². The fourth-order valence-electron chi connectivity index (χ4n) is 1.46. The van der Waals surface area contributed by atoms with Crippen molar-refractivity contribution in [2.24, 2.45) is 0 Å². The highest BCUT2D eigenvalue weighted by molar-refractivity contribution is 7.71. The van der Waals surface area contributed by atoms with Crippen LogP contribution in [0.5, 0.6) is 5.88 Å². The fraction of sp³-hybridized carbons (Fsp3) is 0.600. The molecule has 5 heteroatoms. The van der Waals surface area contributed by atoms with Gasteiger partial charge >= 0.3 is 0 Å². The first-order valence-corrected chi connectivity index (χ1v) is 5.60. The number of nitrogens with one attached hydrogen (secondary N) is 2. The molecule has 0 amide bonds. The molecule has 0 aliphatic heterocycles. The molecular formula is C10H16N2O2S. The second-order valence-corrected chi connectivity index (χ2v) is 3.95. The number of hydrogen-bond acceptors (Lipinski definition) is 3. The minimum absolute atomic E-state index is 0.0970. The summed E-state index contributed by atoms with van der Waals surface area (Å²) in [6.45, 7) is 2.13. The van der Waals surface area contributed by atoms with Crippen LogP contribution in [0.25, 0.3) is 0 Å². The van der Waals surface area contributed by atoms with Crippen molar-refractivity contribution in [1.29, 1.82) is 0 Å². The van der Waals surface area contributed by atoms with Gasteiger partial charge in [0.2, 0.25) is 0 Å². The molecule has 0 aliphatic carbocycles. The monoisotopic (exact) mass is 228 g/mol. The Labute approximate surface area is 93.4 Å². The topological polar surface area (TPSA) is 68.9 Å². The molecule has 1 aromatic heterocycles. The Hall–Kier alpha value is -1.10. The molecule has 0 radical (unpaired) electrons. The summed E-state index contributed by atoms with van der Waals surface area (Å²) in [5.74, 6) is -0.0970. The van der Waals surface area contributed by atoms with Crippen LogP contribution in [0.1, 0.15) is 38.2 Å². The Morgan fingerprint density at radius 1 is 1.27 bits per heavy atom. The van der Waals surface area contributed by atoms with Gasteiger partial charge in [0.05, 0.1) is 5.56 Å². The molecule has 84 valence electrons. The number of rotatable bonds is 5. The minimum Gasteiger partial charge on any atom is -0.494 e. The molecule has 0 fully saturated rings. The van der Waals surface area contributed by atoms with E-state index in [9.17, 15) is 9.90 Å². The summed E-state index contributed by atoms with van der Waals surface area (Å²) in [5, 5.41) is 9.49. The van der Waals surface area contributed by atoms with Crippen molar-refractivity contribution in [1.82, 2.24) is 9.97 Å². The summed E-state index contributed by atoms with van der Waals surface area (Å²) in [6.07, 6.45) is 4.88. The Bertz CT molecular complexity index is 422. The third-order valence-corrected chi connectivity index (χ3v) is 2.50. The van der Waals surface area contributed by atoms with Gasteiger partial charge in [-0.1, -0.05) is 26.2 Å². The maximum absolute atomic E-state index is 11.4. The average molecular weight is 228 g/mol. The molecule has 0 spiro atoms. The van der Waals surface area contributed by atoms with Crippen LogP contribution in [0.2, 0.25) is 0 Å². The van der Waals surface area contributed by atoms with E-state index in [4.69, 9.17) is 12.2 Å². The van der Waals surface area contributed by atoms with Crippen molar-refractivity contribution in [2.75, 3.05) is 0 Å². The highest BCUT2D eigenvalue weighted by Gasteiger charge is 2.06. The van der Waals surface area contributed by atoms with Crippen LogP contribution in [0.3, 0.4) is 0 Å². The second kappa shape index (κ2) is 5.70.